The van der Waals surface area contributed by atoms with Crippen LogP contribution in [0.3, 0.4) is 0 Å². The highest BCUT2D eigenvalue weighted by atomic mass is 35.5. The molecule has 0 spiro atoms. The molecule has 0 aliphatic carbocycles. The fourth-order valence-corrected chi connectivity index (χ4v) is 3.45. The molecule has 0 atom stereocenters. The van der Waals surface area contributed by atoms with Gasteiger partial charge in [0.1, 0.15) is 17.1 Å². The van der Waals surface area contributed by atoms with Gasteiger partial charge in [0.2, 0.25) is 0 Å². The van der Waals surface area contributed by atoms with E-state index < -0.39 is 5.60 Å². The first-order chi connectivity index (χ1) is 14.7. The van der Waals surface area contributed by atoms with Gasteiger partial charge in [-0.1, -0.05) is 11.6 Å². The number of ketones is 1. The van der Waals surface area contributed by atoms with E-state index in [1.54, 1.807) is 29.2 Å². The van der Waals surface area contributed by atoms with E-state index in [0.29, 0.717) is 42.5 Å². The molecule has 1 amide bonds. The number of halogens is 1. The molecule has 6 nitrogen and oxygen atoms in total. The van der Waals surface area contributed by atoms with E-state index in [0.717, 1.165) is 5.69 Å². The van der Waals surface area contributed by atoms with Crippen LogP contribution in [0.2, 0.25) is 5.02 Å². The summed E-state index contributed by atoms with van der Waals surface area (Å²) >= 11 is 5.88. The lowest BCUT2D eigenvalue weighted by Gasteiger charge is -2.33. The highest BCUT2D eigenvalue weighted by molar-refractivity contribution is 6.30. The maximum Gasteiger partial charge on any atom is 0.410 e. The van der Waals surface area contributed by atoms with Crippen LogP contribution < -0.4 is 10.1 Å². The minimum Gasteiger partial charge on any atom is -0.457 e. The summed E-state index contributed by atoms with van der Waals surface area (Å²) in [5.41, 5.74) is 0.339. The molecule has 0 saturated carbocycles. The lowest BCUT2D eigenvalue weighted by molar-refractivity contribution is -0.122. The molecule has 0 radical (unpaired) electrons. The first kappa shape index (κ1) is 22.9. The lowest BCUT2D eigenvalue weighted by Crippen LogP contribution is -2.43. The fraction of sp³-hybridized carbons (Fsp3) is 0.417. The van der Waals surface area contributed by atoms with E-state index in [9.17, 15) is 9.59 Å². The first-order valence-corrected chi connectivity index (χ1v) is 10.9. The van der Waals surface area contributed by atoms with Crippen molar-refractivity contribution in [3.63, 3.8) is 0 Å². The van der Waals surface area contributed by atoms with Crippen molar-refractivity contribution in [1.82, 2.24) is 4.90 Å². The summed E-state index contributed by atoms with van der Waals surface area (Å²) in [6, 6.07) is 14.6. The fourth-order valence-electron chi connectivity index (χ4n) is 3.32. The minimum atomic E-state index is -0.511. The zero-order valence-electron chi connectivity index (χ0n) is 18.2. The highest BCUT2D eigenvalue weighted by Gasteiger charge is 2.29. The molecule has 2 aromatic rings. The number of piperidine rings is 1. The van der Waals surface area contributed by atoms with Gasteiger partial charge in [-0.3, -0.25) is 4.79 Å². The third-order valence-corrected chi connectivity index (χ3v) is 5.22. The third-order valence-electron chi connectivity index (χ3n) is 4.97. The van der Waals surface area contributed by atoms with Crippen LogP contribution in [0.5, 0.6) is 11.5 Å². The van der Waals surface area contributed by atoms with E-state index in [4.69, 9.17) is 21.1 Å². The number of anilines is 1. The van der Waals surface area contributed by atoms with Crippen LogP contribution >= 0.6 is 11.6 Å². The van der Waals surface area contributed by atoms with Gasteiger partial charge in [0.15, 0.2) is 5.78 Å². The second-order valence-electron chi connectivity index (χ2n) is 8.64. The van der Waals surface area contributed by atoms with Gasteiger partial charge in [-0.05, 0) is 82.1 Å². The molecule has 7 heteroatoms. The van der Waals surface area contributed by atoms with Gasteiger partial charge in [0, 0.05) is 29.7 Å². The van der Waals surface area contributed by atoms with Gasteiger partial charge in [-0.25, -0.2) is 4.79 Å². The first-order valence-electron chi connectivity index (χ1n) is 10.5. The summed E-state index contributed by atoms with van der Waals surface area (Å²) < 4.78 is 11.2. The summed E-state index contributed by atoms with van der Waals surface area (Å²) in [6.45, 7) is 6.90. The largest absolute Gasteiger partial charge is 0.457 e. The van der Waals surface area contributed by atoms with Crippen molar-refractivity contribution in [2.24, 2.45) is 5.92 Å². The van der Waals surface area contributed by atoms with E-state index >= 15 is 0 Å². The molecule has 166 valence electrons. The quantitative estimate of drug-likeness (QED) is 0.613. The highest BCUT2D eigenvalue weighted by Crippen LogP contribution is 2.25. The Balaban J connectivity index is 1.42. The number of likely N-dealkylation sites (tertiary alicyclic amines) is 1. The number of hydrogen-bond acceptors (Lipinski definition) is 5. The van der Waals surface area contributed by atoms with Gasteiger partial charge < -0.3 is 19.7 Å². The zero-order chi connectivity index (χ0) is 22.4. The Morgan fingerprint density at radius 3 is 2.10 bits per heavy atom. The standard InChI is InChI=1S/C24H29ClN2O4/c1-24(2,3)31-23(29)27-14-12-17(13-15-27)22(28)16-26-19-6-10-21(11-7-19)30-20-8-4-18(25)5-9-20/h4-11,17,26H,12-16H2,1-3H3. The Morgan fingerprint density at radius 2 is 1.55 bits per heavy atom. The monoisotopic (exact) mass is 444 g/mol. The Labute approximate surface area is 188 Å². The number of amides is 1. The molecule has 1 aliphatic rings. The Hall–Kier alpha value is -2.73. The van der Waals surface area contributed by atoms with E-state index in [1.807, 2.05) is 45.0 Å². The molecule has 1 aliphatic heterocycles. The normalized spacial score (nSPS) is 14.8. The van der Waals surface area contributed by atoms with Crippen molar-refractivity contribution in [2.45, 2.75) is 39.2 Å². The zero-order valence-corrected chi connectivity index (χ0v) is 18.9. The van der Waals surface area contributed by atoms with Gasteiger partial charge in [-0.2, -0.15) is 0 Å². The molecular weight excluding hydrogens is 416 g/mol. The molecular formula is C24H29ClN2O4. The number of ether oxygens (including phenoxy) is 2. The molecule has 0 aromatic heterocycles. The maximum absolute atomic E-state index is 12.6. The number of nitrogens with one attached hydrogen (secondary N) is 1. The van der Waals surface area contributed by atoms with Gasteiger partial charge >= 0.3 is 6.09 Å². The molecule has 0 bridgehead atoms. The Morgan fingerprint density at radius 1 is 1.00 bits per heavy atom. The van der Waals surface area contributed by atoms with Crippen LogP contribution in [0.4, 0.5) is 10.5 Å². The SMILES string of the molecule is CC(C)(C)OC(=O)N1CCC(C(=O)CNc2ccc(Oc3ccc(Cl)cc3)cc2)CC1. The van der Waals surface area contributed by atoms with Gasteiger partial charge in [-0.15, -0.1) is 0 Å². The van der Waals surface area contributed by atoms with Crippen LogP contribution in [-0.4, -0.2) is 42.0 Å². The number of rotatable bonds is 6. The molecule has 31 heavy (non-hydrogen) atoms. The second kappa shape index (κ2) is 10.1. The molecule has 1 saturated heterocycles. The topological polar surface area (TPSA) is 67.9 Å². The summed E-state index contributed by atoms with van der Waals surface area (Å²) in [5.74, 6) is 1.52. The molecule has 1 fully saturated rings. The summed E-state index contributed by atoms with van der Waals surface area (Å²) in [7, 11) is 0. The van der Waals surface area contributed by atoms with Crippen LogP contribution in [0, 0.1) is 5.92 Å². The summed E-state index contributed by atoms with van der Waals surface area (Å²) in [5, 5.41) is 3.84. The molecule has 0 unspecified atom stereocenters. The third kappa shape index (κ3) is 7.17. The minimum absolute atomic E-state index is 0.0429. The Bertz CT molecular complexity index is 883. The predicted octanol–water partition coefficient (Wildman–Crippen LogP) is 5.76. The van der Waals surface area contributed by atoms with Crippen molar-refractivity contribution in [3.05, 3.63) is 53.6 Å². The molecule has 3 rings (SSSR count). The summed E-state index contributed by atoms with van der Waals surface area (Å²) in [4.78, 5) is 26.4. The van der Waals surface area contributed by atoms with Crippen molar-refractivity contribution < 1.29 is 19.1 Å². The molecule has 2 aromatic carbocycles. The average Bonchev–Trinajstić information content (AvgIpc) is 2.73. The van der Waals surface area contributed by atoms with Gasteiger partial charge in [0.05, 0.1) is 6.54 Å². The molecule has 1 heterocycles. The van der Waals surface area contributed by atoms with Crippen LogP contribution in [0.15, 0.2) is 48.5 Å². The predicted molar refractivity (Wildman–Crippen MR) is 122 cm³/mol. The van der Waals surface area contributed by atoms with E-state index in [1.165, 1.54) is 0 Å². The van der Waals surface area contributed by atoms with Crippen molar-refractivity contribution in [2.75, 3.05) is 25.0 Å². The number of carbonyl (C=O) groups is 2. The Kier molecular flexibility index (Phi) is 7.44. The average molecular weight is 445 g/mol. The number of nitrogens with zero attached hydrogens (tertiary/aromatic N) is 1. The number of hydrogen-bond donors (Lipinski definition) is 1. The van der Waals surface area contributed by atoms with Crippen LogP contribution in [0.1, 0.15) is 33.6 Å². The number of benzene rings is 2. The van der Waals surface area contributed by atoms with E-state index in [2.05, 4.69) is 5.32 Å². The maximum atomic E-state index is 12.6. The second-order valence-corrected chi connectivity index (χ2v) is 9.08. The molecule has 1 N–H and O–H groups in total. The number of Topliss-reactive ketones (excluding diaryl/α,β-unsaturated/α-hetero) is 1. The van der Waals surface area contributed by atoms with Gasteiger partial charge in [0.25, 0.3) is 0 Å². The smallest absolute Gasteiger partial charge is 0.410 e. The van der Waals surface area contributed by atoms with Crippen molar-refractivity contribution >= 4 is 29.2 Å². The van der Waals surface area contributed by atoms with E-state index in [-0.39, 0.29) is 24.3 Å². The number of carbonyl (C=O) groups excluding carboxylic acids is 2. The van der Waals surface area contributed by atoms with Crippen molar-refractivity contribution in [1.29, 1.82) is 0 Å². The van der Waals surface area contributed by atoms with Crippen molar-refractivity contribution in [3.8, 4) is 11.5 Å². The van der Waals surface area contributed by atoms with Crippen LogP contribution in [-0.2, 0) is 9.53 Å². The lowest BCUT2D eigenvalue weighted by atomic mass is 9.92. The van der Waals surface area contributed by atoms with Crippen LogP contribution in [0.25, 0.3) is 0 Å². The summed E-state index contributed by atoms with van der Waals surface area (Å²) in [6.07, 6.45) is 1.01.